The molecule has 8 nitrogen and oxygen atoms in total. The van der Waals surface area contributed by atoms with Gasteiger partial charge in [0.15, 0.2) is 0 Å². The molecule has 0 spiro atoms. The Labute approximate surface area is 193 Å². The number of nitrogens with one attached hydrogen (secondary N) is 3. The highest BCUT2D eigenvalue weighted by molar-refractivity contribution is 7.92. The van der Waals surface area contributed by atoms with Crippen LogP contribution >= 0.6 is 0 Å². The van der Waals surface area contributed by atoms with Crippen molar-refractivity contribution >= 4 is 27.5 Å². The third-order valence-electron chi connectivity index (χ3n) is 4.76. The Morgan fingerprint density at radius 3 is 2.15 bits per heavy atom. The fraction of sp³-hybridized carbons (Fsp3) is 0.167. The summed E-state index contributed by atoms with van der Waals surface area (Å²) in [4.78, 5) is 24.3. The third-order valence-corrected chi connectivity index (χ3v) is 6.15. The zero-order chi connectivity index (χ0) is 23.7. The minimum atomic E-state index is -3.78. The van der Waals surface area contributed by atoms with E-state index in [-0.39, 0.29) is 17.3 Å². The Bertz CT molecular complexity index is 1180. The maximum absolute atomic E-state index is 12.5. The van der Waals surface area contributed by atoms with Gasteiger partial charge in [-0.25, -0.2) is 8.42 Å². The molecule has 0 unspecified atom stereocenters. The van der Waals surface area contributed by atoms with Crippen LogP contribution in [0.3, 0.4) is 0 Å². The van der Waals surface area contributed by atoms with Crippen LogP contribution in [0.4, 0.5) is 5.69 Å². The van der Waals surface area contributed by atoms with Crippen LogP contribution in [0.2, 0.25) is 0 Å². The fourth-order valence-corrected chi connectivity index (χ4v) is 4.03. The lowest BCUT2D eigenvalue weighted by Gasteiger charge is -2.10. The van der Waals surface area contributed by atoms with Crippen LogP contribution in [-0.4, -0.2) is 40.4 Å². The third kappa shape index (κ3) is 7.08. The van der Waals surface area contributed by atoms with E-state index in [1.54, 1.807) is 12.1 Å². The predicted molar refractivity (Wildman–Crippen MR) is 126 cm³/mol. The molecule has 9 heteroatoms. The summed E-state index contributed by atoms with van der Waals surface area (Å²) < 4.78 is 32.5. The van der Waals surface area contributed by atoms with Crippen LogP contribution in [-0.2, 0) is 21.2 Å². The maximum atomic E-state index is 12.5. The Hall–Kier alpha value is -3.85. The number of hydrogen-bond donors (Lipinski definition) is 3. The van der Waals surface area contributed by atoms with Crippen molar-refractivity contribution in [2.24, 2.45) is 0 Å². The molecule has 0 atom stereocenters. The van der Waals surface area contributed by atoms with Crippen LogP contribution < -0.4 is 20.1 Å². The topological polar surface area (TPSA) is 114 Å². The van der Waals surface area contributed by atoms with E-state index in [4.69, 9.17) is 4.74 Å². The van der Waals surface area contributed by atoms with Gasteiger partial charge in [-0.2, -0.15) is 0 Å². The van der Waals surface area contributed by atoms with Crippen molar-refractivity contribution in [1.82, 2.24) is 10.6 Å². The number of rotatable bonds is 10. The second kappa shape index (κ2) is 11.1. The summed E-state index contributed by atoms with van der Waals surface area (Å²) in [6.45, 7) is 0.321. The monoisotopic (exact) mass is 467 g/mol. The molecule has 0 fully saturated rings. The van der Waals surface area contributed by atoms with Crippen LogP contribution in [0, 0.1) is 0 Å². The highest BCUT2D eigenvalue weighted by atomic mass is 32.2. The van der Waals surface area contributed by atoms with Gasteiger partial charge >= 0.3 is 0 Å². The molecule has 3 aromatic carbocycles. The van der Waals surface area contributed by atoms with Gasteiger partial charge in [0.25, 0.3) is 15.9 Å². The number of benzene rings is 3. The lowest BCUT2D eigenvalue weighted by molar-refractivity contribution is -0.120. The Balaban J connectivity index is 1.47. The summed E-state index contributed by atoms with van der Waals surface area (Å²) in [5.74, 6) is -0.171. The average molecular weight is 468 g/mol. The number of anilines is 1. The molecule has 0 aliphatic carbocycles. The molecule has 3 aromatic rings. The minimum Gasteiger partial charge on any atom is -0.497 e. The van der Waals surface area contributed by atoms with Crippen molar-refractivity contribution in [3.63, 3.8) is 0 Å². The fourth-order valence-electron chi connectivity index (χ4n) is 2.97. The van der Waals surface area contributed by atoms with Gasteiger partial charge in [-0.3, -0.25) is 14.3 Å². The molecule has 172 valence electrons. The molecule has 0 aliphatic heterocycles. The normalized spacial score (nSPS) is 10.8. The zero-order valence-corrected chi connectivity index (χ0v) is 18.9. The number of carbonyl (C=O) groups excluding carboxylic acids is 2. The summed E-state index contributed by atoms with van der Waals surface area (Å²) >= 11 is 0. The van der Waals surface area contributed by atoms with Gasteiger partial charge in [-0.15, -0.1) is 0 Å². The molecule has 0 saturated carbocycles. The first-order chi connectivity index (χ1) is 15.9. The number of ether oxygens (including phenoxy) is 1. The van der Waals surface area contributed by atoms with Crippen molar-refractivity contribution in [2.45, 2.75) is 11.3 Å². The number of hydrogen-bond acceptors (Lipinski definition) is 5. The minimum absolute atomic E-state index is 0.0865. The first-order valence-electron chi connectivity index (χ1n) is 10.2. The molecule has 0 aliphatic rings. The first-order valence-corrected chi connectivity index (χ1v) is 11.7. The van der Waals surface area contributed by atoms with Gasteiger partial charge in [-0.05, 0) is 60.5 Å². The average Bonchev–Trinajstić information content (AvgIpc) is 2.83. The van der Waals surface area contributed by atoms with E-state index in [0.29, 0.717) is 30.0 Å². The molecule has 3 rings (SSSR count). The summed E-state index contributed by atoms with van der Waals surface area (Å²) in [6, 6.07) is 21.7. The van der Waals surface area contributed by atoms with Gasteiger partial charge in [0.2, 0.25) is 5.91 Å². The predicted octanol–water partition coefficient (Wildman–Crippen LogP) is 2.58. The SMILES string of the molecule is COc1ccc(S(=O)(=O)Nc2ccc(C(=O)NCC(=O)NCCc3ccccc3)cc2)cc1. The second-order valence-electron chi connectivity index (χ2n) is 7.13. The van der Waals surface area contributed by atoms with E-state index in [9.17, 15) is 18.0 Å². The van der Waals surface area contributed by atoms with Crippen molar-refractivity contribution in [2.75, 3.05) is 24.9 Å². The van der Waals surface area contributed by atoms with E-state index < -0.39 is 15.9 Å². The second-order valence-corrected chi connectivity index (χ2v) is 8.81. The van der Waals surface area contributed by atoms with Crippen molar-refractivity contribution in [1.29, 1.82) is 0 Å². The van der Waals surface area contributed by atoms with Crippen molar-refractivity contribution in [3.05, 3.63) is 90.0 Å². The first kappa shape index (κ1) is 23.8. The highest BCUT2D eigenvalue weighted by Crippen LogP contribution is 2.19. The van der Waals surface area contributed by atoms with Crippen molar-refractivity contribution in [3.8, 4) is 5.75 Å². The number of carbonyl (C=O) groups is 2. The Morgan fingerprint density at radius 2 is 1.52 bits per heavy atom. The van der Waals surface area contributed by atoms with Gasteiger partial charge in [0.1, 0.15) is 5.75 Å². The molecule has 2 amide bonds. The summed E-state index contributed by atoms with van der Waals surface area (Å²) in [7, 11) is -2.28. The van der Waals surface area contributed by atoms with E-state index >= 15 is 0 Å². The number of amides is 2. The molecule has 0 saturated heterocycles. The lowest BCUT2D eigenvalue weighted by Crippen LogP contribution is -2.37. The van der Waals surface area contributed by atoms with Gasteiger partial charge in [0.05, 0.1) is 18.6 Å². The Kier molecular flexibility index (Phi) is 8.04. The molecular formula is C24H25N3O5S. The standard InChI is InChI=1S/C24H25N3O5S/c1-32-21-11-13-22(14-12-21)33(30,31)27-20-9-7-19(8-10-20)24(29)26-17-23(28)25-16-15-18-5-3-2-4-6-18/h2-14,27H,15-17H2,1H3,(H,25,28)(H,26,29). The lowest BCUT2D eigenvalue weighted by atomic mass is 10.1. The molecule has 33 heavy (non-hydrogen) atoms. The summed E-state index contributed by atoms with van der Waals surface area (Å²) in [5.41, 5.74) is 1.73. The summed E-state index contributed by atoms with van der Waals surface area (Å²) in [6.07, 6.45) is 0.703. The van der Waals surface area contributed by atoms with Gasteiger partial charge in [0, 0.05) is 17.8 Å². The molecule has 3 N–H and O–H groups in total. The Morgan fingerprint density at radius 1 is 0.848 bits per heavy atom. The van der Waals surface area contributed by atoms with Crippen LogP contribution in [0.25, 0.3) is 0 Å². The smallest absolute Gasteiger partial charge is 0.261 e. The van der Waals surface area contributed by atoms with Gasteiger partial charge < -0.3 is 15.4 Å². The van der Waals surface area contributed by atoms with Crippen LogP contribution in [0.1, 0.15) is 15.9 Å². The number of sulfonamides is 1. The van der Waals surface area contributed by atoms with Crippen LogP contribution in [0.15, 0.2) is 83.8 Å². The van der Waals surface area contributed by atoms with E-state index in [1.807, 2.05) is 30.3 Å². The quantitative estimate of drug-likeness (QED) is 0.424. The zero-order valence-electron chi connectivity index (χ0n) is 18.1. The summed E-state index contributed by atoms with van der Waals surface area (Å²) in [5, 5.41) is 5.31. The van der Waals surface area contributed by atoms with Crippen molar-refractivity contribution < 1.29 is 22.7 Å². The highest BCUT2D eigenvalue weighted by Gasteiger charge is 2.15. The van der Waals surface area contributed by atoms with Crippen LogP contribution in [0.5, 0.6) is 5.75 Å². The van der Waals surface area contributed by atoms with E-state index in [0.717, 1.165) is 5.56 Å². The maximum Gasteiger partial charge on any atom is 0.261 e. The van der Waals surface area contributed by atoms with Gasteiger partial charge in [-0.1, -0.05) is 30.3 Å². The largest absolute Gasteiger partial charge is 0.497 e. The van der Waals surface area contributed by atoms with E-state index in [1.165, 1.54) is 43.5 Å². The molecule has 0 heterocycles. The molecular weight excluding hydrogens is 442 g/mol. The number of methoxy groups -OCH3 is 1. The molecule has 0 bridgehead atoms. The van der Waals surface area contributed by atoms with E-state index in [2.05, 4.69) is 15.4 Å². The molecule has 0 aromatic heterocycles. The molecule has 0 radical (unpaired) electrons.